The van der Waals surface area contributed by atoms with E-state index >= 15 is 0 Å². The maximum atomic E-state index is 2.28. The van der Waals surface area contributed by atoms with Gasteiger partial charge in [0.25, 0.3) is 0 Å². The Hall–Kier alpha value is -2.08. The largest absolute Gasteiger partial charge is 0.0776 e. The fourth-order valence-corrected chi connectivity index (χ4v) is 2.33. The van der Waals surface area contributed by atoms with Gasteiger partial charge in [-0.15, -0.1) is 0 Å². The summed E-state index contributed by atoms with van der Waals surface area (Å²) in [5, 5.41) is 2.64. The molecule has 0 aromatic heterocycles. The van der Waals surface area contributed by atoms with Gasteiger partial charge in [-0.25, -0.2) is 0 Å². The predicted octanol–water partition coefficient (Wildman–Crippen LogP) is 6.73. The van der Waals surface area contributed by atoms with Crippen LogP contribution >= 0.6 is 0 Å². The summed E-state index contributed by atoms with van der Waals surface area (Å²) in [6.07, 6.45) is 1.09. The van der Waals surface area contributed by atoms with E-state index in [4.69, 9.17) is 0 Å². The second-order valence-corrected chi connectivity index (χ2v) is 4.62. The molecule has 110 valence electrons. The molecule has 3 aromatic carbocycles. The van der Waals surface area contributed by atoms with E-state index in [-0.39, 0.29) is 7.43 Å². The minimum atomic E-state index is 0. The Kier molecular flexibility index (Phi) is 6.68. The summed E-state index contributed by atoms with van der Waals surface area (Å²) in [5.74, 6) is 0. The summed E-state index contributed by atoms with van der Waals surface area (Å²) in [5.41, 5.74) is 3.96. The molecular weight excluding hydrogens is 252 g/mol. The number of hydrogen-bond acceptors (Lipinski definition) is 0. The fraction of sp³-hybridized carbons (Fsp3) is 0.238. The van der Waals surface area contributed by atoms with Gasteiger partial charge in [-0.3, -0.25) is 0 Å². The second kappa shape index (κ2) is 8.26. The predicted molar refractivity (Wildman–Crippen MR) is 96.8 cm³/mol. The molecule has 0 saturated heterocycles. The molecule has 0 heterocycles. The highest BCUT2D eigenvalue weighted by Crippen LogP contribution is 2.25. The summed E-state index contributed by atoms with van der Waals surface area (Å²) in [7, 11) is 0. The van der Waals surface area contributed by atoms with Crippen molar-refractivity contribution in [3.05, 3.63) is 72.3 Å². The lowest BCUT2D eigenvalue weighted by molar-refractivity contribution is 1.15. The Morgan fingerprint density at radius 1 is 0.667 bits per heavy atom. The maximum absolute atomic E-state index is 2.28. The smallest absolute Gasteiger partial charge is 0.0178 e. The minimum absolute atomic E-state index is 0. The van der Waals surface area contributed by atoms with Crippen molar-refractivity contribution in [2.24, 2.45) is 0 Å². The number of hydrogen-bond donors (Lipinski definition) is 0. The average molecular weight is 278 g/mol. The molecule has 0 atom stereocenters. The molecule has 0 radical (unpaired) electrons. The minimum Gasteiger partial charge on any atom is -0.0776 e. The second-order valence-electron chi connectivity index (χ2n) is 4.62. The van der Waals surface area contributed by atoms with Gasteiger partial charge in [0, 0.05) is 0 Å². The fourth-order valence-electron chi connectivity index (χ4n) is 2.33. The van der Waals surface area contributed by atoms with E-state index in [9.17, 15) is 0 Å². The van der Waals surface area contributed by atoms with Gasteiger partial charge in [-0.1, -0.05) is 88.9 Å². The molecule has 3 rings (SSSR count). The molecule has 0 fully saturated rings. The zero-order chi connectivity index (χ0) is 14.4. The molecule has 0 aliphatic carbocycles. The highest BCUT2D eigenvalue weighted by atomic mass is 14.0. The van der Waals surface area contributed by atoms with E-state index in [0.29, 0.717) is 0 Å². The van der Waals surface area contributed by atoms with E-state index in [2.05, 4.69) is 73.7 Å². The Bertz CT molecular complexity index is 666. The molecule has 0 bridgehead atoms. The number of aryl methyl sites for hydroxylation is 1. The van der Waals surface area contributed by atoms with Crippen LogP contribution in [0.15, 0.2) is 66.7 Å². The zero-order valence-corrected chi connectivity index (χ0v) is 12.6. The molecule has 0 aliphatic heterocycles. The van der Waals surface area contributed by atoms with Crippen molar-refractivity contribution in [2.75, 3.05) is 0 Å². The normalized spacial score (nSPS) is 9.48. The van der Waals surface area contributed by atoms with Crippen LogP contribution < -0.4 is 0 Å². The first-order chi connectivity index (χ1) is 9.86. The molecule has 0 amide bonds. The molecule has 0 unspecified atom stereocenters. The third-order valence-corrected chi connectivity index (χ3v) is 3.42. The van der Waals surface area contributed by atoms with Gasteiger partial charge < -0.3 is 0 Å². The van der Waals surface area contributed by atoms with Gasteiger partial charge in [-0.2, -0.15) is 0 Å². The first kappa shape index (κ1) is 17.0. The standard InChI is InChI=1S/C18H16.C2H6.CH4/c1-2-14-8-9-18-13-17(11-10-16(18)12-14)15-6-4-3-5-7-15;1-2;/h3-13H,2H2,1H3;1-2H3;1H4. The van der Waals surface area contributed by atoms with E-state index in [1.165, 1.54) is 27.5 Å². The first-order valence-electron chi connectivity index (χ1n) is 7.45. The van der Waals surface area contributed by atoms with Crippen molar-refractivity contribution in [1.29, 1.82) is 0 Å². The van der Waals surface area contributed by atoms with E-state index in [1.807, 2.05) is 13.8 Å². The van der Waals surface area contributed by atoms with Crippen molar-refractivity contribution in [1.82, 2.24) is 0 Å². The molecule has 0 nitrogen and oxygen atoms in total. The molecule has 0 saturated carbocycles. The quantitative estimate of drug-likeness (QED) is 0.487. The number of benzene rings is 3. The van der Waals surface area contributed by atoms with Crippen molar-refractivity contribution in [3.63, 3.8) is 0 Å². The van der Waals surface area contributed by atoms with Crippen LogP contribution in [0.3, 0.4) is 0 Å². The van der Waals surface area contributed by atoms with Gasteiger partial charge in [0.2, 0.25) is 0 Å². The van der Waals surface area contributed by atoms with E-state index in [0.717, 1.165) is 6.42 Å². The SMILES string of the molecule is C.CC.CCc1ccc2cc(-c3ccccc3)ccc2c1. The number of fused-ring (bicyclic) bond motifs is 1. The van der Waals surface area contributed by atoms with Crippen molar-refractivity contribution >= 4 is 10.8 Å². The zero-order valence-electron chi connectivity index (χ0n) is 12.6. The maximum Gasteiger partial charge on any atom is -0.0178 e. The molecule has 21 heavy (non-hydrogen) atoms. The van der Waals surface area contributed by atoms with Crippen LogP contribution in [-0.4, -0.2) is 0 Å². The highest BCUT2D eigenvalue weighted by Gasteiger charge is 1.99. The lowest BCUT2D eigenvalue weighted by atomic mass is 9.99. The third-order valence-electron chi connectivity index (χ3n) is 3.42. The summed E-state index contributed by atoms with van der Waals surface area (Å²) < 4.78 is 0. The molecular formula is C21H26. The lowest BCUT2D eigenvalue weighted by Crippen LogP contribution is -1.82. The van der Waals surface area contributed by atoms with Crippen molar-refractivity contribution in [2.45, 2.75) is 34.6 Å². The van der Waals surface area contributed by atoms with E-state index < -0.39 is 0 Å². The topological polar surface area (TPSA) is 0 Å². The van der Waals surface area contributed by atoms with Crippen LogP contribution in [0, 0.1) is 0 Å². The average Bonchev–Trinajstić information content (AvgIpc) is 2.56. The van der Waals surface area contributed by atoms with Gasteiger partial charge in [0.15, 0.2) is 0 Å². The summed E-state index contributed by atoms with van der Waals surface area (Å²) in [4.78, 5) is 0. The van der Waals surface area contributed by atoms with Crippen molar-refractivity contribution < 1.29 is 0 Å². The van der Waals surface area contributed by atoms with Crippen LogP contribution in [0.1, 0.15) is 33.8 Å². The molecule has 0 N–H and O–H groups in total. The Morgan fingerprint density at radius 3 is 1.95 bits per heavy atom. The molecule has 0 heteroatoms. The molecule has 3 aromatic rings. The van der Waals surface area contributed by atoms with Crippen LogP contribution in [0.2, 0.25) is 0 Å². The van der Waals surface area contributed by atoms with Crippen LogP contribution in [0.25, 0.3) is 21.9 Å². The Balaban J connectivity index is 0.000000706. The number of rotatable bonds is 2. The van der Waals surface area contributed by atoms with Gasteiger partial charge >= 0.3 is 0 Å². The van der Waals surface area contributed by atoms with Gasteiger partial charge in [-0.05, 0) is 39.9 Å². The van der Waals surface area contributed by atoms with E-state index in [1.54, 1.807) is 0 Å². The van der Waals surface area contributed by atoms with Crippen LogP contribution in [0.4, 0.5) is 0 Å². The Morgan fingerprint density at radius 2 is 1.29 bits per heavy atom. The highest BCUT2D eigenvalue weighted by molar-refractivity contribution is 5.87. The van der Waals surface area contributed by atoms with Crippen LogP contribution in [-0.2, 0) is 6.42 Å². The van der Waals surface area contributed by atoms with Crippen LogP contribution in [0.5, 0.6) is 0 Å². The Labute approximate surface area is 129 Å². The monoisotopic (exact) mass is 278 g/mol. The molecule has 0 spiro atoms. The molecule has 0 aliphatic rings. The van der Waals surface area contributed by atoms with Gasteiger partial charge in [0.05, 0.1) is 0 Å². The summed E-state index contributed by atoms with van der Waals surface area (Å²) >= 11 is 0. The van der Waals surface area contributed by atoms with Gasteiger partial charge in [0.1, 0.15) is 0 Å². The summed E-state index contributed by atoms with van der Waals surface area (Å²) in [6, 6.07) is 23.9. The third kappa shape index (κ3) is 3.95. The summed E-state index contributed by atoms with van der Waals surface area (Å²) in [6.45, 7) is 6.19. The first-order valence-corrected chi connectivity index (χ1v) is 7.45. The lowest BCUT2D eigenvalue weighted by Gasteiger charge is -2.05. The van der Waals surface area contributed by atoms with Crippen molar-refractivity contribution in [3.8, 4) is 11.1 Å².